The number of aromatic nitrogens is 3. The van der Waals surface area contributed by atoms with Crippen molar-refractivity contribution in [2.24, 2.45) is 11.3 Å². The molecule has 0 spiro atoms. The number of carboxylic acid groups (broad SMARTS) is 1. The molecule has 7 nitrogen and oxygen atoms in total. The van der Waals surface area contributed by atoms with Gasteiger partial charge >= 0.3 is 5.97 Å². The summed E-state index contributed by atoms with van der Waals surface area (Å²) < 4.78 is 0. The maximum Gasteiger partial charge on any atom is 0.337 e. The lowest BCUT2D eigenvalue weighted by Gasteiger charge is -2.25. The van der Waals surface area contributed by atoms with Crippen LogP contribution in [0.15, 0.2) is 30.9 Å². The van der Waals surface area contributed by atoms with Gasteiger partial charge in [0, 0.05) is 48.9 Å². The molecule has 1 atom stereocenters. The maximum absolute atomic E-state index is 12.5. The minimum atomic E-state index is -1.03. The van der Waals surface area contributed by atoms with Crippen molar-refractivity contribution in [1.82, 2.24) is 19.9 Å². The van der Waals surface area contributed by atoms with E-state index in [4.69, 9.17) is 0 Å². The van der Waals surface area contributed by atoms with E-state index in [-0.39, 0.29) is 16.9 Å². The summed E-state index contributed by atoms with van der Waals surface area (Å²) in [5.41, 5.74) is 1.83. The summed E-state index contributed by atoms with van der Waals surface area (Å²) in [6.45, 7) is 7.27. The van der Waals surface area contributed by atoms with E-state index in [9.17, 15) is 14.7 Å². The molecule has 0 saturated carbocycles. The molecule has 1 fully saturated rings. The Kier molecular flexibility index (Phi) is 5.21. The first kappa shape index (κ1) is 18.9. The van der Waals surface area contributed by atoms with Crippen LogP contribution in [-0.2, 0) is 11.2 Å². The molecule has 3 rings (SSSR count). The Morgan fingerprint density at radius 3 is 2.67 bits per heavy atom. The molecule has 1 amide bonds. The van der Waals surface area contributed by atoms with Gasteiger partial charge in [0.1, 0.15) is 0 Å². The molecule has 2 aromatic heterocycles. The number of likely N-dealkylation sites (tertiary alicyclic amines) is 1. The zero-order valence-corrected chi connectivity index (χ0v) is 15.8. The molecule has 0 aromatic carbocycles. The summed E-state index contributed by atoms with van der Waals surface area (Å²) in [6, 6.07) is 1.56. The highest BCUT2D eigenvalue weighted by Gasteiger charge is 2.33. The Morgan fingerprint density at radius 2 is 1.96 bits per heavy atom. The van der Waals surface area contributed by atoms with Gasteiger partial charge in [-0.2, -0.15) is 0 Å². The second kappa shape index (κ2) is 7.42. The van der Waals surface area contributed by atoms with Crippen molar-refractivity contribution in [1.29, 1.82) is 0 Å². The fourth-order valence-corrected chi connectivity index (χ4v) is 3.38. The summed E-state index contributed by atoms with van der Waals surface area (Å²) in [7, 11) is 0. The van der Waals surface area contributed by atoms with Crippen LogP contribution in [0.3, 0.4) is 0 Å². The fourth-order valence-electron chi connectivity index (χ4n) is 3.38. The van der Waals surface area contributed by atoms with Crippen molar-refractivity contribution >= 4 is 11.9 Å². The number of pyridine rings is 1. The maximum atomic E-state index is 12.5. The summed E-state index contributed by atoms with van der Waals surface area (Å²) in [4.78, 5) is 38.5. The summed E-state index contributed by atoms with van der Waals surface area (Å²) >= 11 is 0. The van der Waals surface area contributed by atoms with Crippen LogP contribution >= 0.6 is 0 Å². The molecule has 0 radical (unpaired) electrons. The topological polar surface area (TPSA) is 96.3 Å². The molecular weight excluding hydrogens is 344 g/mol. The smallest absolute Gasteiger partial charge is 0.337 e. The molecule has 1 saturated heterocycles. The zero-order chi connectivity index (χ0) is 19.6. The van der Waals surface area contributed by atoms with Gasteiger partial charge in [0.15, 0.2) is 0 Å². The largest absolute Gasteiger partial charge is 0.478 e. The van der Waals surface area contributed by atoms with Gasteiger partial charge in [0.05, 0.1) is 17.0 Å². The average Bonchev–Trinajstić information content (AvgIpc) is 3.09. The van der Waals surface area contributed by atoms with E-state index in [1.165, 1.54) is 6.20 Å². The minimum Gasteiger partial charge on any atom is -0.478 e. The van der Waals surface area contributed by atoms with Crippen LogP contribution in [0.1, 0.15) is 43.2 Å². The standard InChI is InChI=1S/C20H24N4O3/c1-20(2,3)19(27)24-7-4-13(12-24)8-16-17(23-6-5-22-16)14-9-15(18(25)26)11-21-10-14/h5-6,9-11,13H,4,7-8,12H2,1-3H3,(H,25,26)/t13-/m0/s1. The van der Waals surface area contributed by atoms with Crippen molar-refractivity contribution < 1.29 is 14.7 Å². The highest BCUT2D eigenvalue weighted by molar-refractivity contribution is 5.88. The van der Waals surface area contributed by atoms with E-state index in [2.05, 4.69) is 15.0 Å². The molecule has 27 heavy (non-hydrogen) atoms. The van der Waals surface area contributed by atoms with Gasteiger partial charge in [-0.05, 0) is 24.8 Å². The fraction of sp³-hybridized carbons (Fsp3) is 0.450. The second-order valence-corrected chi connectivity index (χ2v) is 7.98. The monoisotopic (exact) mass is 368 g/mol. The van der Waals surface area contributed by atoms with Gasteiger partial charge in [-0.3, -0.25) is 19.7 Å². The quantitative estimate of drug-likeness (QED) is 0.891. The van der Waals surface area contributed by atoms with Gasteiger partial charge in [-0.1, -0.05) is 20.8 Å². The number of hydrogen-bond acceptors (Lipinski definition) is 5. The van der Waals surface area contributed by atoms with Crippen molar-refractivity contribution in [3.8, 4) is 11.3 Å². The van der Waals surface area contributed by atoms with E-state index in [1.54, 1.807) is 24.7 Å². The van der Waals surface area contributed by atoms with E-state index in [1.807, 2.05) is 25.7 Å². The molecule has 7 heteroatoms. The van der Waals surface area contributed by atoms with E-state index >= 15 is 0 Å². The number of carbonyl (C=O) groups is 2. The highest BCUT2D eigenvalue weighted by Crippen LogP contribution is 2.28. The molecule has 0 bridgehead atoms. The van der Waals surface area contributed by atoms with Gasteiger partial charge < -0.3 is 10.0 Å². The lowest BCUT2D eigenvalue weighted by molar-refractivity contribution is -0.138. The van der Waals surface area contributed by atoms with Crippen molar-refractivity contribution in [2.45, 2.75) is 33.6 Å². The lowest BCUT2D eigenvalue weighted by Crippen LogP contribution is -2.38. The van der Waals surface area contributed by atoms with Gasteiger partial charge in [-0.15, -0.1) is 0 Å². The first-order valence-electron chi connectivity index (χ1n) is 9.03. The SMILES string of the molecule is CC(C)(C)C(=O)N1CC[C@@H](Cc2nccnc2-c2cncc(C(=O)O)c2)C1. The van der Waals surface area contributed by atoms with E-state index in [0.29, 0.717) is 30.1 Å². The van der Waals surface area contributed by atoms with Crippen LogP contribution in [0.25, 0.3) is 11.3 Å². The van der Waals surface area contributed by atoms with Crippen LogP contribution in [0.4, 0.5) is 0 Å². The molecule has 142 valence electrons. The van der Waals surface area contributed by atoms with Crippen LogP contribution < -0.4 is 0 Å². The lowest BCUT2D eigenvalue weighted by atomic mass is 9.95. The number of carboxylic acids is 1. The third kappa shape index (κ3) is 4.30. The van der Waals surface area contributed by atoms with Crippen LogP contribution in [-0.4, -0.2) is 49.9 Å². The number of amides is 1. The minimum absolute atomic E-state index is 0.118. The predicted molar refractivity (Wildman–Crippen MR) is 100 cm³/mol. The molecule has 3 heterocycles. The Balaban J connectivity index is 1.79. The number of aromatic carboxylic acids is 1. The third-order valence-corrected chi connectivity index (χ3v) is 4.73. The van der Waals surface area contributed by atoms with Gasteiger partial charge in [0.25, 0.3) is 0 Å². The van der Waals surface area contributed by atoms with E-state index < -0.39 is 5.97 Å². The normalized spacial score (nSPS) is 17.1. The zero-order valence-electron chi connectivity index (χ0n) is 15.8. The van der Waals surface area contributed by atoms with Gasteiger partial charge in [-0.25, -0.2) is 4.79 Å². The first-order valence-corrected chi connectivity index (χ1v) is 9.03. The molecular formula is C20H24N4O3. The molecule has 1 aliphatic rings. The number of hydrogen-bond donors (Lipinski definition) is 1. The predicted octanol–water partition coefficient (Wildman–Crippen LogP) is 2.67. The second-order valence-electron chi connectivity index (χ2n) is 7.98. The Hall–Kier alpha value is -2.83. The number of rotatable bonds is 4. The number of carbonyl (C=O) groups excluding carboxylic acids is 1. The first-order chi connectivity index (χ1) is 12.8. The van der Waals surface area contributed by atoms with Crippen molar-refractivity contribution in [3.05, 3.63) is 42.1 Å². The Labute approximate surface area is 158 Å². The third-order valence-electron chi connectivity index (χ3n) is 4.73. The van der Waals surface area contributed by atoms with Crippen LogP contribution in [0, 0.1) is 11.3 Å². The summed E-state index contributed by atoms with van der Waals surface area (Å²) in [6.07, 6.45) is 7.76. The summed E-state index contributed by atoms with van der Waals surface area (Å²) in [5, 5.41) is 9.19. The molecule has 0 aliphatic carbocycles. The van der Waals surface area contributed by atoms with Crippen LogP contribution in [0.2, 0.25) is 0 Å². The van der Waals surface area contributed by atoms with Crippen LogP contribution in [0.5, 0.6) is 0 Å². The van der Waals surface area contributed by atoms with Gasteiger partial charge in [0.2, 0.25) is 5.91 Å². The van der Waals surface area contributed by atoms with Crippen molar-refractivity contribution in [3.63, 3.8) is 0 Å². The Morgan fingerprint density at radius 1 is 1.22 bits per heavy atom. The average molecular weight is 368 g/mol. The molecule has 1 aliphatic heterocycles. The van der Waals surface area contributed by atoms with Crippen molar-refractivity contribution in [2.75, 3.05) is 13.1 Å². The molecule has 2 aromatic rings. The highest BCUT2D eigenvalue weighted by atomic mass is 16.4. The van der Waals surface area contributed by atoms with E-state index in [0.717, 1.165) is 18.7 Å². The number of nitrogens with zero attached hydrogens (tertiary/aromatic N) is 4. The Bertz CT molecular complexity index is 860. The molecule has 0 unspecified atom stereocenters. The summed E-state index contributed by atoms with van der Waals surface area (Å²) in [5.74, 6) is -0.549. The molecule has 1 N–H and O–H groups in total.